The SMILES string of the molecule is CCN(CC)C1CCN(c2ncc(CC(C)N)cc2C)C1. The minimum absolute atomic E-state index is 0.191. The van der Waals surface area contributed by atoms with Crippen molar-refractivity contribution in [2.75, 3.05) is 31.1 Å². The maximum absolute atomic E-state index is 5.87. The molecular formula is C17H30N4. The molecule has 2 unspecified atom stereocenters. The van der Waals surface area contributed by atoms with E-state index in [1.165, 1.54) is 17.5 Å². The number of rotatable bonds is 6. The number of pyridine rings is 1. The summed E-state index contributed by atoms with van der Waals surface area (Å²) in [7, 11) is 0. The molecule has 2 rings (SSSR count). The van der Waals surface area contributed by atoms with Crippen LogP contribution in [0.15, 0.2) is 12.3 Å². The van der Waals surface area contributed by atoms with Crippen LogP contribution in [-0.2, 0) is 6.42 Å². The van der Waals surface area contributed by atoms with Gasteiger partial charge in [-0.15, -0.1) is 0 Å². The standard InChI is InChI=1S/C17H30N4/c1-5-20(6-2)16-7-8-21(12-16)17-13(3)9-15(11-19-17)10-14(4)18/h9,11,14,16H,5-8,10,12,18H2,1-4H3. The van der Waals surface area contributed by atoms with Crippen molar-refractivity contribution in [1.29, 1.82) is 0 Å². The van der Waals surface area contributed by atoms with Gasteiger partial charge in [0, 0.05) is 31.4 Å². The Kier molecular flexibility index (Phi) is 5.59. The van der Waals surface area contributed by atoms with Gasteiger partial charge in [-0.1, -0.05) is 19.9 Å². The summed E-state index contributed by atoms with van der Waals surface area (Å²) >= 11 is 0. The predicted molar refractivity (Wildman–Crippen MR) is 89.9 cm³/mol. The van der Waals surface area contributed by atoms with Crippen LogP contribution in [0.3, 0.4) is 0 Å². The summed E-state index contributed by atoms with van der Waals surface area (Å²) in [5, 5.41) is 0. The van der Waals surface area contributed by atoms with E-state index in [1.807, 2.05) is 13.1 Å². The largest absolute Gasteiger partial charge is 0.355 e. The molecule has 0 radical (unpaired) electrons. The molecule has 2 atom stereocenters. The molecule has 1 aliphatic heterocycles. The molecule has 1 aliphatic rings. The third kappa shape index (κ3) is 3.95. The fraction of sp³-hybridized carbons (Fsp3) is 0.706. The smallest absolute Gasteiger partial charge is 0.131 e. The van der Waals surface area contributed by atoms with Crippen molar-refractivity contribution in [2.24, 2.45) is 5.73 Å². The fourth-order valence-electron chi connectivity index (χ4n) is 3.41. The van der Waals surface area contributed by atoms with Crippen LogP contribution >= 0.6 is 0 Å². The van der Waals surface area contributed by atoms with E-state index in [-0.39, 0.29) is 6.04 Å². The topological polar surface area (TPSA) is 45.4 Å². The Morgan fingerprint density at radius 1 is 1.43 bits per heavy atom. The molecule has 0 saturated carbocycles. The summed E-state index contributed by atoms with van der Waals surface area (Å²) in [6.45, 7) is 13.2. The van der Waals surface area contributed by atoms with Gasteiger partial charge in [0.25, 0.3) is 0 Å². The molecule has 0 amide bonds. The number of nitrogens with zero attached hydrogens (tertiary/aromatic N) is 3. The number of hydrogen-bond acceptors (Lipinski definition) is 4. The lowest BCUT2D eigenvalue weighted by Gasteiger charge is -2.26. The maximum atomic E-state index is 5.87. The Hall–Kier alpha value is -1.13. The number of likely N-dealkylation sites (N-methyl/N-ethyl adjacent to an activating group) is 1. The molecule has 0 aliphatic carbocycles. The maximum Gasteiger partial charge on any atom is 0.131 e. The molecule has 1 aromatic rings. The Morgan fingerprint density at radius 2 is 2.14 bits per heavy atom. The lowest BCUT2D eigenvalue weighted by molar-refractivity contribution is 0.232. The van der Waals surface area contributed by atoms with Crippen molar-refractivity contribution in [3.05, 3.63) is 23.4 Å². The van der Waals surface area contributed by atoms with E-state index in [0.717, 1.165) is 38.4 Å². The third-order valence-electron chi connectivity index (χ3n) is 4.46. The van der Waals surface area contributed by atoms with E-state index in [4.69, 9.17) is 10.7 Å². The van der Waals surface area contributed by atoms with E-state index in [9.17, 15) is 0 Å². The van der Waals surface area contributed by atoms with Gasteiger partial charge >= 0.3 is 0 Å². The summed E-state index contributed by atoms with van der Waals surface area (Å²) in [5.74, 6) is 1.15. The van der Waals surface area contributed by atoms with E-state index in [1.54, 1.807) is 0 Å². The molecule has 2 N–H and O–H groups in total. The first-order valence-corrected chi connectivity index (χ1v) is 8.25. The van der Waals surface area contributed by atoms with Crippen molar-refractivity contribution in [1.82, 2.24) is 9.88 Å². The average molecular weight is 290 g/mol. The number of nitrogens with two attached hydrogens (primary N) is 1. The van der Waals surface area contributed by atoms with Gasteiger partial charge in [0.2, 0.25) is 0 Å². The molecule has 1 saturated heterocycles. The predicted octanol–water partition coefficient (Wildman–Crippen LogP) is 2.20. The summed E-state index contributed by atoms with van der Waals surface area (Å²) in [5.41, 5.74) is 8.39. The van der Waals surface area contributed by atoms with Crippen LogP contribution in [0, 0.1) is 6.92 Å². The van der Waals surface area contributed by atoms with Crippen LogP contribution in [0.25, 0.3) is 0 Å². The van der Waals surface area contributed by atoms with Gasteiger partial charge in [-0.3, -0.25) is 4.90 Å². The number of aryl methyl sites for hydroxylation is 1. The zero-order valence-electron chi connectivity index (χ0n) is 14.0. The molecule has 1 aromatic heterocycles. The monoisotopic (exact) mass is 290 g/mol. The van der Waals surface area contributed by atoms with Crippen molar-refractivity contribution in [3.8, 4) is 0 Å². The van der Waals surface area contributed by atoms with E-state index in [0.29, 0.717) is 6.04 Å². The molecule has 4 nitrogen and oxygen atoms in total. The minimum Gasteiger partial charge on any atom is -0.355 e. The van der Waals surface area contributed by atoms with E-state index in [2.05, 4.69) is 36.6 Å². The molecule has 1 fully saturated rings. The van der Waals surface area contributed by atoms with Gasteiger partial charge < -0.3 is 10.6 Å². The second kappa shape index (κ2) is 7.23. The first-order chi connectivity index (χ1) is 10.0. The van der Waals surface area contributed by atoms with Crippen LogP contribution in [0.1, 0.15) is 38.3 Å². The van der Waals surface area contributed by atoms with E-state index < -0.39 is 0 Å². The first kappa shape index (κ1) is 16.2. The summed E-state index contributed by atoms with van der Waals surface area (Å²) < 4.78 is 0. The summed E-state index contributed by atoms with van der Waals surface area (Å²) in [6.07, 6.45) is 4.14. The molecule has 0 bridgehead atoms. The van der Waals surface area contributed by atoms with Crippen molar-refractivity contribution in [2.45, 2.75) is 52.6 Å². The van der Waals surface area contributed by atoms with Gasteiger partial charge in [0.15, 0.2) is 0 Å². The lowest BCUT2D eigenvalue weighted by atomic mass is 10.1. The zero-order valence-corrected chi connectivity index (χ0v) is 14.0. The highest BCUT2D eigenvalue weighted by Crippen LogP contribution is 2.25. The zero-order chi connectivity index (χ0) is 15.4. The van der Waals surface area contributed by atoms with Crippen molar-refractivity contribution < 1.29 is 0 Å². The Bertz CT molecular complexity index is 454. The summed E-state index contributed by atoms with van der Waals surface area (Å²) in [6, 6.07) is 3.11. The number of aromatic nitrogens is 1. The molecule has 0 spiro atoms. The van der Waals surface area contributed by atoms with E-state index >= 15 is 0 Å². The molecular weight excluding hydrogens is 260 g/mol. The molecule has 21 heavy (non-hydrogen) atoms. The van der Waals surface area contributed by atoms with Gasteiger partial charge in [-0.2, -0.15) is 0 Å². The summed E-state index contributed by atoms with van der Waals surface area (Å²) in [4.78, 5) is 9.70. The van der Waals surface area contributed by atoms with Crippen LogP contribution in [-0.4, -0.2) is 48.1 Å². The second-order valence-electron chi connectivity index (χ2n) is 6.28. The average Bonchev–Trinajstić information content (AvgIpc) is 2.89. The van der Waals surface area contributed by atoms with Crippen LogP contribution < -0.4 is 10.6 Å². The van der Waals surface area contributed by atoms with Crippen molar-refractivity contribution >= 4 is 5.82 Å². The van der Waals surface area contributed by atoms with Gasteiger partial charge in [-0.05, 0) is 50.9 Å². The first-order valence-electron chi connectivity index (χ1n) is 8.25. The van der Waals surface area contributed by atoms with Crippen LogP contribution in [0.2, 0.25) is 0 Å². The molecule has 0 aromatic carbocycles. The Balaban J connectivity index is 2.06. The van der Waals surface area contributed by atoms with Crippen molar-refractivity contribution in [3.63, 3.8) is 0 Å². The van der Waals surface area contributed by atoms with Crippen LogP contribution in [0.4, 0.5) is 5.82 Å². The number of hydrogen-bond donors (Lipinski definition) is 1. The lowest BCUT2D eigenvalue weighted by Crippen LogP contribution is -2.37. The van der Waals surface area contributed by atoms with Gasteiger partial charge in [0.05, 0.1) is 0 Å². The molecule has 118 valence electrons. The molecule has 2 heterocycles. The minimum atomic E-state index is 0.191. The second-order valence-corrected chi connectivity index (χ2v) is 6.28. The fourth-order valence-corrected chi connectivity index (χ4v) is 3.41. The number of anilines is 1. The quantitative estimate of drug-likeness (QED) is 0.872. The molecule has 4 heteroatoms. The van der Waals surface area contributed by atoms with Crippen LogP contribution in [0.5, 0.6) is 0 Å². The Labute approximate surface area is 129 Å². The Morgan fingerprint density at radius 3 is 2.71 bits per heavy atom. The van der Waals surface area contributed by atoms with Gasteiger partial charge in [-0.25, -0.2) is 4.98 Å². The van der Waals surface area contributed by atoms with Gasteiger partial charge in [0.1, 0.15) is 5.82 Å². The third-order valence-corrected chi connectivity index (χ3v) is 4.46. The highest BCUT2D eigenvalue weighted by Gasteiger charge is 2.27. The normalized spacial score (nSPS) is 20.3. The highest BCUT2D eigenvalue weighted by atomic mass is 15.3. The highest BCUT2D eigenvalue weighted by molar-refractivity contribution is 5.48.